The van der Waals surface area contributed by atoms with Crippen LogP contribution < -0.4 is 0 Å². The van der Waals surface area contributed by atoms with Gasteiger partial charge in [0.15, 0.2) is 0 Å². The highest BCUT2D eigenvalue weighted by Crippen LogP contribution is 2.46. The summed E-state index contributed by atoms with van der Waals surface area (Å²) in [6.07, 6.45) is 9.61. The molecule has 2 saturated heterocycles. The molecule has 0 aromatic carbocycles. The third kappa shape index (κ3) is 3.20. The van der Waals surface area contributed by atoms with Crippen molar-refractivity contribution in [3.63, 3.8) is 0 Å². The molecule has 2 heterocycles. The Morgan fingerprint density at radius 2 is 2.00 bits per heavy atom. The van der Waals surface area contributed by atoms with Crippen molar-refractivity contribution in [2.45, 2.75) is 70.0 Å². The lowest BCUT2D eigenvalue weighted by Gasteiger charge is -2.47. The summed E-state index contributed by atoms with van der Waals surface area (Å²) < 4.78 is 6.22. The van der Waals surface area contributed by atoms with Crippen molar-refractivity contribution in [2.24, 2.45) is 17.8 Å². The summed E-state index contributed by atoms with van der Waals surface area (Å²) in [7, 11) is 0. The molecule has 3 heteroatoms. The predicted molar refractivity (Wildman–Crippen MR) is 85.1 cm³/mol. The molecule has 1 N–H and O–H groups in total. The van der Waals surface area contributed by atoms with Crippen LogP contribution in [-0.4, -0.2) is 34.9 Å². The number of hydrogen-bond donors (Lipinski definition) is 1. The van der Waals surface area contributed by atoms with Crippen LogP contribution in [0.25, 0.3) is 0 Å². The lowest BCUT2D eigenvalue weighted by Crippen LogP contribution is -2.47. The topological polar surface area (TPSA) is 29.5 Å². The number of aliphatic hydroxyl groups excluding tert-OH is 1. The summed E-state index contributed by atoms with van der Waals surface area (Å²) in [5, 5.41) is 10.5. The first-order chi connectivity index (χ1) is 9.72. The average Bonchev–Trinajstić information content (AvgIpc) is 2.48. The SMILES string of the molecule is CCC1CCC(O)C(C2CCOC3(CCSCC3)C2)C1. The number of hydrogen-bond acceptors (Lipinski definition) is 3. The summed E-state index contributed by atoms with van der Waals surface area (Å²) in [6.45, 7) is 3.23. The Bertz CT molecular complexity index is 309. The fourth-order valence-electron chi connectivity index (χ4n) is 4.68. The highest BCUT2D eigenvalue weighted by Gasteiger charge is 2.43. The van der Waals surface area contributed by atoms with Crippen molar-refractivity contribution in [2.75, 3.05) is 18.1 Å². The van der Waals surface area contributed by atoms with Gasteiger partial charge in [0.2, 0.25) is 0 Å². The summed E-state index contributed by atoms with van der Waals surface area (Å²) in [4.78, 5) is 0. The lowest BCUT2D eigenvalue weighted by molar-refractivity contribution is -0.125. The van der Waals surface area contributed by atoms with Gasteiger partial charge in [-0.3, -0.25) is 0 Å². The fraction of sp³-hybridized carbons (Fsp3) is 1.00. The first kappa shape index (κ1) is 15.2. The molecule has 1 spiro atoms. The molecular weight excluding hydrogens is 268 g/mol. The Morgan fingerprint density at radius 3 is 2.75 bits per heavy atom. The van der Waals surface area contributed by atoms with E-state index in [2.05, 4.69) is 18.7 Å². The predicted octanol–water partition coefficient (Wildman–Crippen LogP) is 3.87. The van der Waals surface area contributed by atoms with Crippen LogP contribution in [0.5, 0.6) is 0 Å². The molecule has 20 heavy (non-hydrogen) atoms. The van der Waals surface area contributed by atoms with Crippen molar-refractivity contribution < 1.29 is 9.84 Å². The van der Waals surface area contributed by atoms with Gasteiger partial charge in [0.1, 0.15) is 0 Å². The molecule has 0 radical (unpaired) electrons. The second-order valence-electron chi connectivity index (χ2n) is 7.22. The minimum atomic E-state index is -0.0454. The van der Waals surface area contributed by atoms with Crippen molar-refractivity contribution in [1.29, 1.82) is 0 Å². The maximum absolute atomic E-state index is 10.5. The summed E-state index contributed by atoms with van der Waals surface area (Å²) in [5.74, 6) is 4.62. The van der Waals surface area contributed by atoms with Crippen molar-refractivity contribution in [3.05, 3.63) is 0 Å². The third-order valence-corrected chi connectivity index (χ3v) is 7.07. The molecule has 0 aromatic rings. The van der Waals surface area contributed by atoms with Gasteiger partial charge in [0.25, 0.3) is 0 Å². The second-order valence-corrected chi connectivity index (χ2v) is 8.44. The van der Waals surface area contributed by atoms with E-state index in [0.717, 1.165) is 18.9 Å². The Labute approximate surface area is 128 Å². The highest BCUT2D eigenvalue weighted by molar-refractivity contribution is 7.99. The van der Waals surface area contributed by atoms with Crippen LogP contribution in [0.3, 0.4) is 0 Å². The normalized spacial score (nSPS) is 41.7. The van der Waals surface area contributed by atoms with E-state index in [1.165, 1.54) is 56.5 Å². The van der Waals surface area contributed by atoms with E-state index < -0.39 is 0 Å². The van der Waals surface area contributed by atoms with Gasteiger partial charge in [0.05, 0.1) is 11.7 Å². The smallest absolute Gasteiger partial charge is 0.0701 e. The van der Waals surface area contributed by atoms with E-state index in [1.54, 1.807) is 0 Å². The van der Waals surface area contributed by atoms with Gasteiger partial charge in [-0.25, -0.2) is 0 Å². The molecule has 4 unspecified atom stereocenters. The van der Waals surface area contributed by atoms with Gasteiger partial charge in [0, 0.05) is 6.61 Å². The van der Waals surface area contributed by atoms with Crippen LogP contribution in [-0.2, 0) is 4.74 Å². The van der Waals surface area contributed by atoms with Crippen LogP contribution >= 0.6 is 11.8 Å². The number of thioether (sulfide) groups is 1. The van der Waals surface area contributed by atoms with E-state index in [4.69, 9.17) is 4.74 Å². The molecule has 116 valence electrons. The van der Waals surface area contributed by atoms with Gasteiger partial charge in [-0.2, -0.15) is 11.8 Å². The molecule has 4 atom stereocenters. The Balaban J connectivity index is 1.66. The summed E-state index contributed by atoms with van der Waals surface area (Å²) in [5.41, 5.74) is 0.174. The largest absolute Gasteiger partial charge is 0.393 e. The van der Waals surface area contributed by atoms with Crippen molar-refractivity contribution in [1.82, 2.24) is 0 Å². The van der Waals surface area contributed by atoms with Crippen LogP contribution in [0.15, 0.2) is 0 Å². The Hall–Kier alpha value is 0.270. The van der Waals surface area contributed by atoms with Gasteiger partial charge >= 0.3 is 0 Å². The first-order valence-corrected chi connectivity index (χ1v) is 9.78. The molecule has 0 bridgehead atoms. The second kappa shape index (κ2) is 6.58. The van der Waals surface area contributed by atoms with Crippen LogP contribution in [0.4, 0.5) is 0 Å². The standard InChI is InChI=1S/C17H30O2S/c1-2-13-3-4-16(18)15(11-13)14-5-8-19-17(12-14)6-9-20-10-7-17/h13-16,18H,2-12H2,1H3. The highest BCUT2D eigenvalue weighted by atomic mass is 32.2. The van der Waals surface area contributed by atoms with Crippen LogP contribution in [0, 0.1) is 17.8 Å². The minimum absolute atomic E-state index is 0.0454. The Kier molecular flexibility index (Phi) is 4.99. The molecule has 2 aliphatic heterocycles. The van der Waals surface area contributed by atoms with Crippen molar-refractivity contribution >= 4 is 11.8 Å². The van der Waals surface area contributed by atoms with E-state index in [9.17, 15) is 5.11 Å². The number of rotatable bonds is 2. The minimum Gasteiger partial charge on any atom is -0.393 e. The van der Waals surface area contributed by atoms with E-state index in [-0.39, 0.29) is 11.7 Å². The molecule has 1 saturated carbocycles. The van der Waals surface area contributed by atoms with Gasteiger partial charge in [-0.1, -0.05) is 13.3 Å². The van der Waals surface area contributed by atoms with Crippen molar-refractivity contribution in [3.8, 4) is 0 Å². The zero-order valence-electron chi connectivity index (χ0n) is 12.9. The zero-order chi connectivity index (χ0) is 14.0. The first-order valence-electron chi connectivity index (χ1n) is 8.62. The number of ether oxygens (including phenoxy) is 1. The molecule has 0 aromatic heterocycles. The van der Waals surface area contributed by atoms with E-state index in [0.29, 0.717) is 11.8 Å². The van der Waals surface area contributed by atoms with Gasteiger partial charge in [-0.15, -0.1) is 0 Å². The monoisotopic (exact) mass is 298 g/mol. The third-order valence-electron chi connectivity index (χ3n) is 6.09. The number of aliphatic hydroxyl groups is 1. The quantitative estimate of drug-likeness (QED) is 0.839. The average molecular weight is 298 g/mol. The van der Waals surface area contributed by atoms with E-state index in [1.807, 2.05) is 0 Å². The molecule has 2 nitrogen and oxygen atoms in total. The molecule has 3 fully saturated rings. The lowest BCUT2D eigenvalue weighted by atomic mass is 9.67. The maximum atomic E-state index is 10.5. The molecule has 3 aliphatic rings. The summed E-state index contributed by atoms with van der Waals surface area (Å²) in [6, 6.07) is 0. The van der Waals surface area contributed by atoms with Crippen LogP contribution in [0.2, 0.25) is 0 Å². The molecular formula is C17H30O2S. The summed E-state index contributed by atoms with van der Waals surface area (Å²) >= 11 is 2.07. The van der Waals surface area contributed by atoms with E-state index >= 15 is 0 Å². The zero-order valence-corrected chi connectivity index (χ0v) is 13.7. The van der Waals surface area contributed by atoms with Crippen LogP contribution in [0.1, 0.15) is 58.3 Å². The fourth-order valence-corrected chi connectivity index (χ4v) is 5.92. The van der Waals surface area contributed by atoms with Gasteiger partial charge < -0.3 is 9.84 Å². The molecule has 0 amide bonds. The molecule has 1 aliphatic carbocycles. The Morgan fingerprint density at radius 1 is 1.20 bits per heavy atom. The molecule has 3 rings (SSSR count). The van der Waals surface area contributed by atoms with Gasteiger partial charge in [-0.05, 0) is 74.2 Å². The maximum Gasteiger partial charge on any atom is 0.0701 e.